The second-order valence-corrected chi connectivity index (χ2v) is 9.32. The Morgan fingerprint density at radius 2 is 1.92 bits per heavy atom. The molecule has 1 heterocycles. The Kier molecular flexibility index (Phi) is 9.94. The van der Waals surface area contributed by atoms with Crippen molar-refractivity contribution in [1.82, 2.24) is 16.0 Å². The fraction of sp³-hybridized carbons (Fsp3) is 0.476. The van der Waals surface area contributed by atoms with Crippen LogP contribution < -0.4 is 26.4 Å². The highest BCUT2D eigenvalue weighted by Crippen LogP contribution is 2.31. The molecule has 0 radical (unpaired) electrons. The topological polar surface area (TPSA) is 220 Å². The van der Waals surface area contributed by atoms with Gasteiger partial charge in [-0.15, -0.1) is 0 Å². The molecule has 0 saturated carbocycles. The van der Waals surface area contributed by atoms with Crippen LogP contribution in [0.5, 0.6) is 5.75 Å². The van der Waals surface area contributed by atoms with Gasteiger partial charge >= 0.3 is 5.97 Å². The van der Waals surface area contributed by atoms with Gasteiger partial charge in [-0.3, -0.25) is 34.1 Å². The minimum Gasteiger partial charge on any atom is -0.492 e. The number of nitro groups is 1. The number of primary amides is 1. The molecule has 1 aliphatic rings. The van der Waals surface area contributed by atoms with Gasteiger partial charge in [0.2, 0.25) is 17.7 Å². The van der Waals surface area contributed by atoms with Crippen LogP contribution in [0, 0.1) is 19.6 Å². The number of non-ortho nitro benzene ring substituents is 1. The summed E-state index contributed by atoms with van der Waals surface area (Å²) < 4.78 is 5.83. The molecule has 0 aromatic heterocycles. The number of nitrogens with two attached hydrogens (primary N) is 1. The maximum atomic E-state index is 13.1. The van der Waals surface area contributed by atoms with E-state index in [-0.39, 0.29) is 27.9 Å². The van der Waals surface area contributed by atoms with Gasteiger partial charge < -0.3 is 31.5 Å². The number of carbonyl (C=O) groups is 5. The number of halogens is 1. The average molecular weight is 619 g/mol. The molecule has 4 atom stereocenters. The minimum absolute atomic E-state index is 0.0859. The number of amides is 4. The zero-order valence-corrected chi connectivity index (χ0v) is 21.6. The Hall–Kier alpha value is -3.50. The lowest BCUT2D eigenvalue weighted by Gasteiger charge is -2.28. The number of ether oxygens (including phenoxy) is 1. The summed E-state index contributed by atoms with van der Waals surface area (Å²) in [6.07, 6.45) is -0.495. The van der Waals surface area contributed by atoms with Gasteiger partial charge in [0.05, 0.1) is 27.1 Å². The number of carbonyl (C=O) groups excluding carboxylic acids is 4. The Morgan fingerprint density at radius 3 is 2.47 bits per heavy atom. The van der Waals surface area contributed by atoms with Crippen LogP contribution in [0.25, 0.3) is 0 Å². The fourth-order valence-corrected chi connectivity index (χ4v) is 4.17. The molecule has 1 aliphatic heterocycles. The van der Waals surface area contributed by atoms with Gasteiger partial charge in [0.15, 0.2) is 0 Å². The summed E-state index contributed by atoms with van der Waals surface area (Å²) in [5.74, 6) is -5.49. The molecular formula is C21H26IN5O9. The van der Waals surface area contributed by atoms with Crippen LogP contribution in [0.3, 0.4) is 0 Å². The normalized spacial score (nSPS) is 22.0. The maximum absolute atomic E-state index is 13.1. The molecule has 1 aromatic rings. The molecule has 0 spiro atoms. The van der Waals surface area contributed by atoms with Gasteiger partial charge in [0.25, 0.3) is 11.6 Å². The van der Waals surface area contributed by atoms with E-state index in [0.717, 1.165) is 12.1 Å². The smallest absolute Gasteiger partial charge is 0.305 e. The lowest BCUT2D eigenvalue weighted by Crippen LogP contribution is -2.58. The maximum Gasteiger partial charge on any atom is 0.305 e. The van der Waals surface area contributed by atoms with Crippen LogP contribution in [0.2, 0.25) is 0 Å². The third kappa shape index (κ3) is 7.25. The van der Waals surface area contributed by atoms with Crippen molar-refractivity contribution in [3.63, 3.8) is 0 Å². The highest BCUT2D eigenvalue weighted by molar-refractivity contribution is 14.1. The zero-order chi connectivity index (χ0) is 27.2. The first kappa shape index (κ1) is 28.7. The number of rotatable bonds is 6. The Labute approximate surface area is 219 Å². The molecule has 4 amide bonds. The molecule has 2 rings (SSSR count). The third-order valence-corrected chi connectivity index (χ3v) is 6.39. The first-order chi connectivity index (χ1) is 16.8. The molecule has 1 unspecified atom stereocenters. The van der Waals surface area contributed by atoms with Crippen molar-refractivity contribution >= 4 is 57.9 Å². The van der Waals surface area contributed by atoms with Crippen molar-refractivity contribution in [1.29, 1.82) is 0 Å². The summed E-state index contributed by atoms with van der Waals surface area (Å²) in [5, 5.41) is 27.8. The van der Waals surface area contributed by atoms with E-state index in [1.807, 2.05) is 0 Å². The van der Waals surface area contributed by atoms with Gasteiger partial charge in [-0.05, 0) is 28.5 Å². The van der Waals surface area contributed by atoms with Crippen molar-refractivity contribution in [2.75, 3.05) is 6.61 Å². The second-order valence-electron chi connectivity index (χ2n) is 8.16. The first-order valence-corrected chi connectivity index (χ1v) is 12.0. The van der Waals surface area contributed by atoms with Crippen molar-refractivity contribution in [3.05, 3.63) is 31.4 Å². The Balaban J connectivity index is 2.60. The predicted octanol–water partition coefficient (Wildman–Crippen LogP) is 0.0560. The van der Waals surface area contributed by atoms with Gasteiger partial charge in [-0.1, -0.05) is 20.3 Å². The molecule has 14 nitrogen and oxygen atoms in total. The number of nitrogens with zero attached hydrogens (tertiary/aromatic N) is 1. The zero-order valence-electron chi connectivity index (χ0n) is 19.4. The number of carboxylic acids is 1. The van der Waals surface area contributed by atoms with Gasteiger partial charge in [0.1, 0.15) is 23.9 Å². The van der Waals surface area contributed by atoms with E-state index in [1.54, 1.807) is 36.4 Å². The predicted molar refractivity (Wildman–Crippen MR) is 132 cm³/mol. The van der Waals surface area contributed by atoms with E-state index in [1.165, 1.54) is 0 Å². The number of benzene rings is 1. The number of nitrogens with one attached hydrogen (secondary N) is 3. The molecule has 6 N–H and O–H groups in total. The quantitative estimate of drug-likeness (QED) is 0.165. The van der Waals surface area contributed by atoms with Crippen LogP contribution in [0.4, 0.5) is 5.69 Å². The highest BCUT2D eigenvalue weighted by Gasteiger charge is 2.34. The van der Waals surface area contributed by atoms with Crippen LogP contribution in [-0.2, 0) is 19.2 Å². The number of hydrogen-bond acceptors (Lipinski definition) is 8. The number of aliphatic carboxylic acids is 1. The van der Waals surface area contributed by atoms with Gasteiger partial charge in [-0.25, -0.2) is 0 Å². The van der Waals surface area contributed by atoms with Crippen LogP contribution in [0.15, 0.2) is 12.1 Å². The summed E-state index contributed by atoms with van der Waals surface area (Å²) in [6, 6.07) is -1.90. The van der Waals surface area contributed by atoms with Crippen molar-refractivity contribution in [2.45, 2.75) is 51.2 Å². The fourth-order valence-electron chi connectivity index (χ4n) is 3.40. The van der Waals surface area contributed by atoms with E-state index in [9.17, 15) is 39.2 Å². The first-order valence-electron chi connectivity index (χ1n) is 10.9. The summed E-state index contributed by atoms with van der Waals surface area (Å²) in [6.45, 7) is 3.22. The van der Waals surface area contributed by atoms with Crippen LogP contribution >= 0.6 is 22.6 Å². The number of hydrogen-bond donors (Lipinski definition) is 5. The highest BCUT2D eigenvalue weighted by atomic mass is 127. The van der Waals surface area contributed by atoms with E-state index in [2.05, 4.69) is 16.0 Å². The number of fused-ring (bicyclic) bond motifs is 1. The SMILES string of the molecule is CCC(C)[C@@H]1NC(=O)[C@H](CC(=O)O)NC(=O)c2cc([N+](=O)[O-])cc(I)c2OCC[C@@H](C(N)=O)NC1=O. The average Bonchev–Trinajstić information content (AvgIpc) is 2.79. The molecule has 196 valence electrons. The molecular weight excluding hydrogens is 593 g/mol. The van der Waals surface area contributed by atoms with Crippen molar-refractivity contribution < 1.29 is 38.7 Å². The molecule has 15 heteroatoms. The summed E-state index contributed by atoms with van der Waals surface area (Å²) in [7, 11) is 0. The lowest BCUT2D eigenvalue weighted by atomic mass is 9.97. The second kappa shape index (κ2) is 12.5. The summed E-state index contributed by atoms with van der Waals surface area (Å²) >= 11 is 1.72. The molecule has 0 bridgehead atoms. The Morgan fingerprint density at radius 1 is 1.25 bits per heavy atom. The molecule has 0 fully saturated rings. The summed E-state index contributed by atoms with van der Waals surface area (Å²) in [5.41, 5.74) is 4.67. The van der Waals surface area contributed by atoms with Crippen molar-refractivity contribution in [2.24, 2.45) is 11.7 Å². The van der Waals surface area contributed by atoms with E-state index < -0.39 is 70.7 Å². The van der Waals surface area contributed by atoms with Gasteiger partial charge in [0, 0.05) is 18.6 Å². The standard InChI is InChI=1S/C21H26IN5O9/c1-3-9(2)16-21(33)24-13(18(23)30)4-5-36-17-11(6-10(27(34)35)7-12(17)22)19(31)25-14(8-15(28)29)20(32)26-16/h6-7,9,13-14,16H,3-5,8H2,1-2H3,(H2,23,30)(H,24,33)(H,25,31)(H,26,32)(H,28,29)/t9?,13-,14-,16-/m0/s1. The molecule has 0 saturated heterocycles. The molecule has 1 aromatic carbocycles. The van der Waals surface area contributed by atoms with E-state index >= 15 is 0 Å². The number of nitro benzene ring substituents is 1. The van der Waals surface area contributed by atoms with Gasteiger partial charge in [-0.2, -0.15) is 0 Å². The molecule has 36 heavy (non-hydrogen) atoms. The lowest BCUT2D eigenvalue weighted by molar-refractivity contribution is -0.385. The minimum atomic E-state index is -1.63. The monoisotopic (exact) mass is 619 g/mol. The Bertz CT molecular complexity index is 1080. The van der Waals surface area contributed by atoms with Crippen molar-refractivity contribution in [3.8, 4) is 5.75 Å². The number of carboxylic acid groups (broad SMARTS) is 1. The third-order valence-electron chi connectivity index (χ3n) is 5.59. The van der Waals surface area contributed by atoms with Crippen LogP contribution in [-0.4, -0.2) is 64.4 Å². The van der Waals surface area contributed by atoms with E-state index in [4.69, 9.17) is 10.5 Å². The van der Waals surface area contributed by atoms with Crippen LogP contribution in [0.1, 0.15) is 43.5 Å². The largest absolute Gasteiger partial charge is 0.492 e. The van der Waals surface area contributed by atoms with E-state index in [0.29, 0.717) is 6.42 Å². The summed E-state index contributed by atoms with van der Waals surface area (Å²) in [4.78, 5) is 73.1. The molecule has 0 aliphatic carbocycles.